The molecule has 2 aliphatic rings. The summed E-state index contributed by atoms with van der Waals surface area (Å²) >= 11 is 0. The smallest absolute Gasteiger partial charge is 0.227 e. The molecule has 2 aromatic heterocycles. The molecule has 0 radical (unpaired) electrons. The highest BCUT2D eigenvalue weighted by Crippen LogP contribution is 2.56. The van der Waals surface area contributed by atoms with E-state index in [1.165, 1.54) is 50.1 Å². The van der Waals surface area contributed by atoms with Gasteiger partial charge in [-0.05, 0) is 127 Å². The number of para-hydroxylation sites is 4. The molecule has 0 saturated heterocycles. The SMILES string of the molecule is CC1(C)c2ccccc2-c2cc3c(cc21)C(C)(C)c1cc(-c2cccc(-c4cc(-c5nc6ccccc6o5)cc(-c5nc6ccccc6o5)c4)c2)ccc1-3. The first-order chi connectivity index (χ1) is 26.2. The summed E-state index contributed by atoms with van der Waals surface area (Å²) in [4.78, 5) is 9.69. The number of fused-ring (bicyclic) bond motifs is 8. The Morgan fingerprint density at radius 1 is 0.352 bits per heavy atom. The molecule has 0 fully saturated rings. The van der Waals surface area contributed by atoms with E-state index in [9.17, 15) is 0 Å². The third-order valence-electron chi connectivity index (χ3n) is 11.9. The lowest BCUT2D eigenvalue weighted by Gasteiger charge is -2.26. The zero-order chi connectivity index (χ0) is 36.3. The maximum atomic E-state index is 6.27. The van der Waals surface area contributed by atoms with Crippen molar-refractivity contribution >= 4 is 22.2 Å². The van der Waals surface area contributed by atoms with E-state index in [-0.39, 0.29) is 10.8 Å². The van der Waals surface area contributed by atoms with Crippen molar-refractivity contribution in [1.29, 1.82) is 0 Å². The van der Waals surface area contributed by atoms with E-state index < -0.39 is 0 Å². The largest absolute Gasteiger partial charge is 0.436 e. The summed E-state index contributed by atoms with van der Waals surface area (Å²) in [6, 6.07) is 51.8. The standard InChI is InChI=1S/C50H36N2O2/c1-49(2)39-15-6-5-14-35(39)37-27-38-36-21-20-31(26-40(36)50(3,4)42(38)28-41(37)49)29-12-11-13-30(22-29)32-23-33(47-51-43-16-7-9-18-45(43)53-47)25-34(24-32)48-52-44-17-8-10-19-46(44)54-48/h5-28H,1-4H3. The van der Waals surface area contributed by atoms with Crippen molar-refractivity contribution in [2.24, 2.45) is 0 Å². The van der Waals surface area contributed by atoms with E-state index in [2.05, 4.69) is 125 Å². The highest BCUT2D eigenvalue weighted by molar-refractivity contribution is 5.91. The van der Waals surface area contributed by atoms with Crippen molar-refractivity contribution in [1.82, 2.24) is 9.97 Å². The van der Waals surface area contributed by atoms with Crippen molar-refractivity contribution in [3.05, 3.63) is 168 Å². The van der Waals surface area contributed by atoms with Crippen LogP contribution in [0.4, 0.5) is 0 Å². The summed E-state index contributed by atoms with van der Waals surface area (Å²) < 4.78 is 12.5. The monoisotopic (exact) mass is 696 g/mol. The maximum Gasteiger partial charge on any atom is 0.227 e. The Balaban J connectivity index is 1.02. The molecule has 2 heterocycles. The molecule has 258 valence electrons. The Morgan fingerprint density at radius 3 is 1.48 bits per heavy atom. The first-order valence-electron chi connectivity index (χ1n) is 18.6. The van der Waals surface area contributed by atoms with Crippen LogP contribution in [-0.2, 0) is 10.8 Å². The molecule has 11 rings (SSSR count). The van der Waals surface area contributed by atoms with Gasteiger partial charge in [0.25, 0.3) is 0 Å². The Morgan fingerprint density at radius 2 is 0.833 bits per heavy atom. The number of oxazole rings is 2. The summed E-state index contributed by atoms with van der Waals surface area (Å²) in [5.74, 6) is 1.12. The van der Waals surface area contributed by atoms with Crippen LogP contribution in [0, 0.1) is 0 Å². The average Bonchev–Trinajstić information content (AvgIpc) is 3.94. The van der Waals surface area contributed by atoms with E-state index in [0.29, 0.717) is 11.8 Å². The minimum Gasteiger partial charge on any atom is -0.436 e. The molecular formula is C50H36N2O2. The van der Waals surface area contributed by atoms with E-state index >= 15 is 0 Å². The third kappa shape index (κ3) is 4.50. The Bertz CT molecular complexity index is 2850. The van der Waals surface area contributed by atoms with Gasteiger partial charge in [-0.2, -0.15) is 0 Å². The van der Waals surface area contributed by atoms with Crippen molar-refractivity contribution in [2.75, 3.05) is 0 Å². The number of rotatable bonds is 4. The van der Waals surface area contributed by atoms with Crippen LogP contribution in [0.25, 0.3) is 89.6 Å². The fraction of sp³-hybridized carbons (Fsp3) is 0.120. The fourth-order valence-corrected chi connectivity index (χ4v) is 9.02. The molecule has 9 aromatic rings. The first-order valence-corrected chi connectivity index (χ1v) is 18.6. The predicted octanol–water partition coefficient (Wildman–Crippen LogP) is 13.2. The lowest BCUT2D eigenvalue weighted by Crippen LogP contribution is -2.18. The van der Waals surface area contributed by atoms with Crippen molar-refractivity contribution in [3.63, 3.8) is 0 Å². The van der Waals surface area contributed by atoms with Crippen LogP contribution in [0.15, 0.2) is 154 Å². The van der Waals surface area contributed by atoms with Crippen LogP contribution >= 0.6 is 0 Å². The van der Waals surface area contributed by atoms with Crippen molar-refractivity contribution in [2.45, 2.75) is 38.5 Å². The van der Waals surface area contributed by atoms with E-state index in [0.717, 1.165) is 50.0 Å². The molecule has 54 heavy (non-hydrogen) atoms. The molecule has 0 unspecified atom stereocenters. The van der Waals surface area contributed by atoms with Gasteiger partial charge in [0.2, 0.25) is 11.8 Å². The number of hydrogen-bond donors (Lipinski definition) is 0. The first kappa shape index (κ1) is 31.0. The summed E-state index contributed by atoms with van der Waals surface area (Å²) in [5, 5.41) is 0. The molecule has 0 spiro atoms. The molecule has 0 amide bonds. The molecule has 0 saturated carbocycles. The van der Waals surface area contributed by atoms with Crippen molar-refractivity contribution < 1.29 is 8.83 Å². The van der Waals surface area contributed by atoms with Crippen LogP contribution in [0.1, 0.15) is 49.9 Å². The van der Waals surface area contributed by atoms with Gasteiger partial charge in [0.15, 0.2) is 11.2 Å². The molecule has 0 aliphatic heterocycles. The van der Waals surface area contributed by atoms with E-state index in [4.69, 9.17) is 18.8 Å². The molecule has 4 nitrogen and oxygen atoms in total. The topological polar surface area (TPSA) is 52.1 Å². The summed E-state index contributed by atoms with van der Waals surface area (Å²) in [5.41, 5.74) is 20.2. The minimum absolute atomic E-state index is 0.0322. The Kier molecular flexibility index (Phi) is 6.33. The van der Waals surface area contributed by atoms with Gasteiger partial charge < -0.3 is 8.83 Å². The van der Waals surface area contributed by atoms with Crippen LogP contribution in [0.3, 0.4) is 0 Å². The summed E-state index contributed by atoms with van der Waals surface area (Å²) in [6.07, 6.45) is 0. The predicted molar refractivity (Wildman–Crippen MR) is 218 cm³/mol. The van der Waals surface area contributed by atoms with Gasteiger partial charge in [-0.1, -0.05) is 113 Å². The molecule has 0 bridgehead atoms. The zero-order valence-electron chi connectivity index (χ0n) is 30.6. The van der Waals surface area contributed by atoms with Crippen LogP contribution in [0.2, 0.25) is 0 Å². The van der Waals surface area contributed by atoms with Gasteiger partial charge in [0.05, 0.1) is 0 Å². The average molecular weight is 697 g/mol. The zero-order valence-corrected chi connectivity index (χ0v) is 30.6. The van der Waals surface area contributed by atoms with Crippen LogP contribution < -0.4 is 0 Å². The second kappa shape index (κ2) is 11.0. The van der Waals surface area contributed by atoms with Crippen LogP contribution in [-0.4, -0.2) is 9.97 Å². The molecule has 7 aromatic carbocycles. The Hall–Kier alpha value is -6.52. The summed E-state index contributed by atoms with van der Waals surface area (Å²) in [6.45, 7) is 9.49. The highest BCUT2D eigenvalue weighted by Gasteiger charge is 2.41. The van der Waals surface area contributed by atoms with Gasteiger partial charge in [0, 0.05) is 22.0 Å². The number of nitrogens with zero attached hydrogens (tertiary/aromatic N) is 2. The number of benzene rings is 7. The van der Waals surface area contributed by atoms with E-state index in [1.54, 1.807) is 0 Å². The lowest BCUT2D eigenvalue weighted by atomic mass is 9.77. The van der Waals surface area contributed by atoms with Gasteiger partial charge in [-0.15, -0.1) is 0 Å². The highest BCUT2D eigenvalue weighted by atomic mass is 16.4. The van der Waals surface area contributed by atoms with Gasteiger partial charge >= 0.3 is 0 Å². The maximum absolute atomic E-state index is 6.27. The number of hydrogen-bond acceptors (Lipinski definition) is 4. The Labute approximate surface area is 313 Å². The minimum atomic E-state index is -0.138. The molecule has 2 aliphatic carbocycles. The van der Waals surface area contributed by atoms with Gasteiger partial charge in [0.1, 0.15) is 11.0 Å². The molecule has 4 heteroatoms. The number of aromatic nitrogens is 2. The second-order valence-corrected chi connectivity index (χ2v) is 15.9. The quantitative estimate of drug-likeness (QED) is 0.184. The second-order valence-electron chi connectivity index (χ2n) is 15.9. The molecular weight excluding hydrogens is 661 g/mol. The molecule has 0 atom stereocenters. The third-order valence-corrected chi connectivity index (χ3v) is 11.9. The summed E-state index contributed by atoms with van der Waals surface area (Å²) in [7, 11) is 0. The van der Waals surface area contributed by atoms with E-state index in [1.807, 2.05) is 48.5 Å². The van der Waals surface area contributed by atoms with Gasteiger partial charge in [-0.3, -0.25) is 0 Å². The van der Waals surface area contributed by atoms with Gasteiger partial charge in [-0.25, -0.2) is 9.97 Å². The van der Waals surface area contributed by atoms with Crippen LogP contribution in [0.5, 0.6) is 0 Å². The molecule has 0 N–H and O–H groups in total. The van der Waals surface area contributed by atoms with Crippen molar-refractivity contribution in [3.8, 4) is 67.4 Å². The fourth-order valence-electron chi connectivity index (χ4n) is 9.02. The normalized spacial score (nSPS) is 14.6. The lowest BCUT2D eigenvalue weighted by molar-refractivity contribution is 0.617.